The number of alkyl carbamates (subject to hydrolysis) is 1. The van der Waals surface area contributed by atoms with Gasteiger partial charge in [-0.2, -0.15) is 0 Å². The molecule has 0 bridgehead atoms. The molecule has 1 saturated carbocycles. The molecule has 0 spiro atoms. The smallest absolute Gasteiger partial charge is 0.408 e. The molecular formula is C14H22FNO4. The van der Waals surface area contributed by atoms with Crippen LogP contribution in [0.2, 0.25) is 0 Å². The summed E-state index contributed by atoms with van der Waals surface area (Å²) in [5, 5.41) is 11.6. The van der Waals surface area contributed by atoms with E-state index in [-0.39, 0.29) is 0 Å². The van der Waals surface area contributed by atoms with E-state index in [1.807, 2.05) is 0 Å². The van der Waals surface area contributed by atoms with Gasteiger partial charge < -0.3 is 15.2 Å². The van der Waals surface area contributed by atoms with Crippen molar-refractivity contribution < 1.29 is 23.8 Å². The van der Waals surface area contributed by atoms with Crippen molar-refractivity contribution in [2.24, 2.45) is 5.41 Å². The Morgan fingerprint density at radius 2 is 1.85 bits per heavy atom. The van der Waals surface area contributed by atoms with Gasteiger partial charge in [0.05, 0.1) is 5.41 Å². The van der Waals surface area contributed by atoms with Crippen molar-refractivity contribution in [3.05, 3.63) is 12.4 Å². The molecular weight excluding hydrogens is 265 g/mol. The number of carboxylic acid groups (broad SMARTS) is 1. The number of amides is 1. The first-order valence-corrected chi connectivity index (χ1v) is 6.66. The van der Waals surface area contributed by atoms with Crippen LogP contribution in [0.3, 0.4) is 0 Å². The Labute approximate surface area is 118 Å². The van der Waals surface area contributed by atoms with Crippen molar-refractivity contribution in [3.63, 3.8) is 0 Å². The normalized spacial score (nSPS) is 19.2. The highest BCUT2D eigenvalue weighted by atomic mass is 19.1. The van der Waals surface area contributed by atoms with Crippen molar-refractivity contribution in [1.29, 1.82) is 0 Å². The predicted octanol–water partition coefficient (Wildman–Crippen LogP) is 3.01. The molecule has 0 aliphatic heterocycles. The lowest BCUT2D eigenvalue weighted by atomic mass is 9.77. The second-order valence-electron chi connectivity index (χ2n) is 6.19. The molecule has 114 valence electrons. The lowest BCUT2D eigenvalue weighted by Crippen LogP contribution is -2.53. The number of carbonyl (C=O) groups excluding carboxylic acids is 1. The molecule has 1 aliphatic carbocycles. The lowest BCUT2D eigenvalue weighted by molar-refractivity contribution is -0.142. The summed E-state index contributed by atoms with van der Waals surface area (Å²) < 4.78 is 18.8. The number of aliphatic carboxylic acids is 1. The fraction of sp³-hybridized carbons (Fsp3) is 0.714. The maximum Gasteiger partial charge on any atom is 0.408 e. The second-order valence-corrected chi connectivity index (χ2v) is 6.19. The monoisotopic (exact) mass is 287 g/mol. The topological polar surface area (TPSA) is 75.6 Å². The number of carbonyl (C=O) groups is 2. The Morgan fingerprint density at radius 3 is 2.20 bits per heavy atom. The minimum absolute atomic E-state index is 0.356. The quantitative estimate of drug-likeness (QED) is 0.833. The van der Waals surface area contributed by atoms with Gasteiger partial charge >= 0.3 is 12.1 Å². The Hall–Kier alpha value is -1.59. The third-order valence-electron chi connectivity index (χ3n) is 3.50. The molecule has 1 rings (SSSR count). The average Bonchev–Trinajstić information content (AvgIpc) is 2.72. The molecule has 1 amide bonds. The van der Waals surface area contributed by atoms with Crippen LogP contribution in [0.15, 0.2) is 12.4 Å². The fourth-order valence-electron chi connectivity index (χ4n) is 2.58. The van der Waals surface area contributed by atoms with E-state index in [1.54, 1.807) is 20.8 Å². The molecule has 0 aromatic rings. The average molecular weight is 287 g/mol. The van der Waals surface area contributed by atoms with E-state index in [9.17, 15) is 19.1 Å². The SMILES string of the molecule is C=C(F)C1(C(NC(=O)OC(C)(C)C)C(=O)O)CCCC1. The van der Waals surface area contributed by atoms with Crippen LogP contribution in [0, 0.1) is 5.41 Å². The molecule has 2 N–H and O–H groups in total. The van der Waals surface area contributed by atoms with Crippen molar-refractivity contribution in [2.45, 2.75) is 58.1 Å². The number of ether oxygens (including phenoxy) is 1. The van der Waals surface area contributed by atoms with E-state index in [0.29, 0.717) is 25.7 Å². The van der Waals surface area contributed by atoms with Gasteiger partial charge in [0.25, 0.3) is 0 Å². The van der Waals surface area contributed by atoms with Gasteiger partial charge in [0, 0.05) is 0 Å². The summed E-state index contributed by atoms with van der Waals surface area (Å²) in [6.07, 6.45) is 1.27. The minimum Gasteiger partial charge on any atom is -0.480 e. The highest BCUT2D eigenvalue weighted by Gasteiger charge is 2.49. The summed E-state index contributed by atoms with van der Waals surface area (Å²) in [5.74, 6) is -1.98. The Bertz CT molecular complexity index is 408. The third kappa shape index (κ3) is 3.71. The van der Waals surface area contributed by atoms with E-state index in [0.717, 1.165) is 0 Å². The first-order chi connectivity index (χ1) is 9.08. The summed E-state index contributed by atoms with van der Waals surface area (Å²) in [6.45, 7) is 8.28. The van der Waals surface area contributed by atoms with E-state index in [1.165, 1.54) is 0 Å². The van der Waals surface area contributed by atoms with Crippen LogP contribution in [0.5, 0.6) is 0 Å². The van der Waals surface area contributed by atoms with Gasteiger partial charge in [-0.1, -0.05) is 19.4 Å². The van der Waals surface area contributed by atoms with Crippen LogP contribution in [-0.2, 0) is 9.53 Å². The first-order valence-electron chi connectivity index (χ1n) is 6.66. The summed E-state index contributed by atoms with van der Waals surface area (Å²) in [7, 11) is 0. The zero-order valence-corrected chi connectivity index (χ0v) is 12.2. The highest BCUT2D eigenvalue weighted by Crippen LogP contribution is 2.47. The van der Waals surface area contributed by atoms with Crippen LogP contribution in [0.4, 0.5) is 9.18 Å². The molecule has 6 heteroatoms. The molecule has 5 nitrogen and oxygen atoms in total. The Morgan fingerprint density at radius 1 is 1.35 bits per heavy atom. The number of hydrogen-bond acceptors (Lipinski definition) is 3. The molecule has 0 radical (unpaired) electrons. The second kappa shape index (κ2) is 5.81. The number of halogens is 1. The van der Waals surface area contributed by atoms with Gasteiger partial charge in [0.15, 0.2) is 0 Å². The molecule has 0 aromatic heterocycles. The molecule has 1 aliphatic rings. The summed E-state index contributed by atoms with van der Waals surface area (Å²) in [5.41, 5.74) is -1.98. The van der Waals surface area contributed by atoms with E-state index < -0.39 is 34.9 Å². The standard InChI is InChI=1S/C14H22FNO4/c1-9(15)14(7-5-6-8-14)10(11(17)18)16-12(19)20-13(2,3)4/h10H,1,5-8H2,2-4H3,(H,16,19)(H,17,18). The van der Waals surface area contributed by atoms with Gasteiger partial charge in [0.2, 0.25) is 0 Å². The maximum absolute atomic E-state index is 13.8. The van der Waals surface area contributed by atoms with Crippen molar-refractivity contribution in [1.82, 2.24) is 5.32 Å². The molecule has 1 atom stereocenters. The number of carboxylic acids is 1. The molecule has 1 unspecified atom stereocenters. The van der Waals surface area contributed by atoms with Crippen molar-refractivity contribution >= 4 is 12.1 Å². The van der Waals surface area contributed by atoms with Crippen LogP contribution in [0.1, 0.15) is 46.5 Å². The largest absolute Gasteiger partial charge is 0.480 e. The fourth-order valence-corrected chi connectivity index (χ4v) is 2.58. The van der Waals surface area contributed by atoms with E-state index in [4.69, 9.17) is 4.74 Å². The zero-order valence-electron chi connectivity index (χ0n) is 12.2. The highest BCUT2D eigenvalue weighted by molar-refractivity contribution is 5.81. The van der Waals surface area contributed by atoms with Crippen LogP contribution >= 0.6 is 0 Å². The van der Waals surface area contributed by atoms with Crippen LogP contribution in [0.25, 0.3) is 0 Å². The molecule has 0 saturated heterocycles. The minimum atomic E-state index is -1.36. The van der Waals surface area contributed by atoms with Gasteiger partial charge in [-0.05, 0) is 33.6 Å². The Kier molecular flexibility index (Phi) is 4.78. The van der Waals surface area contributed by atoms with Gasteiger partial charge in [-0.25, -0.2) is 14.0 Å². The van der Waals surface area contributed by atoms with Gasteiger partial charge in [-0.15, -0.1) is 0 Å². The number of nitrogens with one attached hydrogen (secondary N) is 1. The molecule has 1 fully saturated rings. The maximum atomic E-state index is 13.8. The van der Waals surface area contributed by atoms with E-state index >= 15 is 0 Å². The lowest BCUT2D eigenvalue weighted by Gasteiger charge is -2.34. The summed E-state index contributed by atoms with van der Waals surface area (Å²) in [4.78, 5) is 23.2. The Balaban J connectivity index is 2.92. The molecule has 0 aromatic carbocycles. The molecule has 20 heavy (non-hydrogen) atoms. The first kappa shape index (κ1) is 16.5. The summed E-state index contributed by atoms with van der Waals surface area (Å²) >= 11 is 0. The van der Waals surface area contributed by atoms with Crippen LogP contribution < -0.4 is 5.32 Å². The third-order valence-corrected chi connectivity index (χ3v) is 3.50. The van der Waals surface area contributed by atoms with Gasteiger partial charge in [0.1, 0.15) is 17.5 Å². The van der Waals surface area contributed by atoms with Crippen LogP contribution in [-0.4, -0.2) is 28.8 Å². The summed E-state index contributed by atoms with van der Waals surface area (Å²) in [6, 6.07) is -1.36. The molecule has 0 heterocycles. The predicted molar refractivity (Wildman–Crippen MR) is 71.9 cm³/mol. The van der Waals surface area contributed by atoms with Gasteiger partial charge in [-0.3, -0.25) is 0 Å². The van der Waals surface area contributed by atoms with E-state index in [2.05, 4.69) is 11.9 Å². The number of hydrogen-bond donors (Lipinski definition) is 2. The number of rotatable bonds is 4. The zero-order chi connectivity index (χ0) is 15.6. The van der Waals surface area contributed by atoms with Crippen molar-refractivity contribution in [3.8, 4) is 0 Å². The van der Waals surface area contributed by atoms with Crippen molar-refractivity contribution in [2.75, 3.05) is 0 Å².